The molecule has 0 aromatic heterocycles. The molecular formula is C20H28ClN3O4. The second-order valence-electron chi connectivity index (χ2n) is 7.41. The lowest BCUT2D eigenvalue weighted by Crippen LogP contribution is -2.44. The Hall–Kier alpha value is -2.12. The highest BCUT2D eigenvalue weighted by Gasteiger charge is 2.49. The van der Waals surface area contributed by atoms with Crippen LogP contribution < -0.4 is 16.0 Å². The second kappa shape index (κ2) is 9.89. The first-order chi connectivity index (χ1) is 13.0. The molecule has 1 aromatic carbocycles. The normalized spacial score (nSPS) is 23.1. The average Bonchev–Trinajstić information content (AvgIpc) is 3.13. The van der Waals surface area contributed by atoms with Gasteiger partial charge < -0.3 is 20.7 Å². The predicted octanol–water partition coefficient (Wildman–Crippen LogP) is 1.66. The smallest absolute Gasteiger partial charge is 0.325 e. The Morgan fingerprint density at radius 3 is 2.68 bits per heavy atom. The standard InChI is InChI=1S/C20H27N3O4.ClH/c1-27-18(25)12-22-17(24)10-14-5-7-16(8-6-14)23-19(26)20-9-3-2-4-15(20)11-21-13-20;/h5-8,15,21H,2-4,9-13H2,1H3,(H,22,24)(H,23,26);1H/t15-,20+;/m0./s1. The highest BCUT2D eigenvalue weighted by Crippen LogP contribution is 2.44. The molecule has 7 nitrogen and oxygen atoms in total. The van der Waals surface area contributed by atoms with Gasteiger partial charge in [-0.05, 0) is 43.0 Å². The molecule has 0 bridgehead atoms. The molecule has 28 heavy (non-hydrogen) atoms. The third kappa shape index (κ3) is 5.02. The molecule has 3 N–H and O–H groups in total. The van der Waals surface area contributed by atoms with Gasteiger partial charge in [0.15, 0.2) is 0 Å². The molecule has 1 aliphatic heterocycles. The van der Waals surface area contributed by atoms with Crippen LogP contribution in [0.1, 0.15) is 31.2 Å². The highest BCUT2D eigenvalue weighted by molar-refractivity contribution is 5.96. The van der Waals surface area contributed by atoms with Crippen LogP contribution >= 0.6 is 12.4 Å². The van der Waals surface area contributed by atoms with Gasteiger partial charge in [-0.15, -0.1) is 12.4 Å². The molecule has 0 spiro atoms. The van der Waals surface area contributed by atoms with E-state index in [4.69, 9.17) is 0 Å². The first-order valence-electron chi connectivity index (χ1n) is 9.48. The van der Waals surface area contributed by atoms with E-state index in [1.807, 2.05) is 24.3 Å². The number of rotatable bonds is 6. The number of carbonyl (C=O) groups is 3. The van der Waals surface area contributed by atoms with Crippen LogP contribution in [0, 0.1) is 11.3 Å². The van der Waals surface area contributed by atoms with Gasteiger partial charge in [-0.25, -0.2) is 0 Å². The number of anilines is 1. The molecule has 1 aromatic rings. The summed E-state index contributed by atoms with van der Waals surface area (Å²) in [6.45, 7) is 1.54. The minimum atomic E-state index is -0.483. The zero-order valence-electron chi connectivity index (χ0n) is 16.1. The van der Waals surface area contributed by atoms with Crippen molar-refractivity contribution in [3.8, 4) is 0 Å². The maximum absolute atomic E-state index is 13.0. The van der Waals surface area contributed by atoms with Gasteiger partial charge in [-0.2, -0.15) is 0 Å². The fourth-order valence-corrected chi connectivity index (χ4v) is 4.14. The lowest BCUT2D eigenvalue weighted by molar-refractivity contribution is -0.141. The quantitative estimate of drug-likeness (QED) is 0.621. The Morgan fingerprint density at radius 1 is 1.21 bits per heavy atom. The lowest BCUT2D eigenvalue weighted by Gasteiger charge is -2.37. The van der Waals surface area contributed by atoms with E-state index in [0.717, 1.165) is 43.6 Å². The van der Waals surface area contributed by atoms with E-state index >= 15 is 0 Å². The first kappa shape index (κ1) is 22.2. The molecule has 3 rings (SSSR count). The molecule has 2 aliphatic rings. The number of benzene rings is 1. The number of hydrogen-bond acceptors (Lipinski definition) is 5. The summed E-state index contributed by atoms with van der Waals surface area (Å²) >= 11 is 0. The molecular weight excluding hydrogens is 382 g/mol. The highest BCUT2D eigenvalue weighted by atomic mass is 35.5. The van der Waals surface area contributed by atoms with Crippen LogP contribution in [0.15, 0.2) is 24.3 Å². The van der Waals surface area contributed by atoms with Crippen LogP contribution in [0.4, 0.5) is 5.69 Å². The van der Waals surface area contributed by atoms with Crippen molar-refractivity contribution in [2.75, 3.05) is 32.1 Å². The largest absolute Gasteiger partial charge is 0.468 e. The summed E-state index contributed by atoms with van der Waals surface area (Å²) in [5, 5.41) is 8.96. The van der Waals surface area contributed by atoms with Crippen molar-refractivity contribution < 1.29 is 19.1 Å². The number of methoxy groups -OCH3 is 1. The molecule has 1 saturated carbocycles. The Balaban J connectivity index is 0.00000280. The lowest BCUT2D eigenvalue weighted by atomic mass is 9.67. The van der Waals surface area contributed by atoms with E-state index < -0.39 is 5.97 Å². The van der Waals surface area contributed by atoms with Crippen molar-refractivity contribution in [1.82, 2.24) is 10.6 Å². The maximum atomic E-state index is 13.0. The number of hydrogen-bond donors (Lipinski definition) is 3. The van der Waals surface area contributed by atoms with E-state index in [-0.39, 0.29) is 42.6 Å². The van der Waals surface area contributed by atoms with Crippen LogP contribution in [0.2, 0.25) is 0 Å². The molecule has 2 amide bonds. The molecule has 1 saturated heterocycles. The van der Waals surface area contributed by atoms with Gasteiger partial charge in [0.2, 0.25) is 11.8 Å². The number of nitrogens with one attached hydrogen (secondary N) is 3. The Bertz CT molecular complexity index is 710. The van der Waals surface area contributed by atoms with E-state index in [2.05, 4.69) is 20.7 Å². The number of ether oxygens (including phenoxy) is 1. The third-order valence-electron chi connectivity index (χ3n) is 5.72. The summed E-state index contributed by atoms with van der Waals surface area (Å²) in [6, 6.07) is 7.27. The van der Waals surface area contributed by atoms with Gasteiger partial charge in [0.1, 0.15) is 6.54 Å². The van der Waals surface area contributed by atoms with Crippen LogP contribution in [0.5, 0.6) is 0 Å². The van der Waals surface area contributed by atoms with Gasteiger partial charge in [-0.3, -0.25) is 14.4 Å². The predicted molar refractivity (Wildman–Crippen MR) is 108 cm³/mol. The summed E-state index contributed by atoms with van der Waals surface area (Å²) in [4.78, 5) is 35.8. The Morgan fingerprint density at radius 2 is 1.96 bits per heavy atom. The molecule has 2 fully saturated rings. The van der Waals surface area contributed by atoms with Gasteiger partial charge in [-0.1, -0.05) is 25.0 Å². The van der Waals surface area contributed by atoms with E-state index in [0.29, 0.717) is 5.92 Å². The minimum Gasteiger partial charge on any atom is -0.468 e. The van der Waals surface area contributed by atoms with E-state index in [1.54, 1.807) is 0 Å². The molecule has 0 unspecified atom stereocenters. The third-order valence-corrected chi connectivity index (χ3v) is 5.72. The summed E-state index contributed by atoms with van der Waals surface area (Å²) in [5.41, 5.74) is 1.26. The zero-order valence-corrected chi connectivity index (χ0v) is 16.9. The van der Waals surface area contributed by atoms with Crippen molar-refractivity contribution in [3.63, 3.8) is 0 Å². The van der Waals surface area contributed by atoms with E-state index in [1.165, 1.54) is 13.5 Å². The molecule has 1 aliphatic carbocycles. The molecule has 2 atom stereocenters. The maximum Gasteiger partial charge on any atom is 0.325 e. The Labute approximate surface area is 171 Å². The number of halogens is 1. The molecule has 154 valence electrons. The second-order valence-corrected chi connectivity index (χ2v) is 7.41. The van der Waals surface area contributed by atoms with Gasteiger partial charge in [0.25, 0.3) is 0 Å². The monoisotopic (exact) mass is 409 g/mol. The summed E-state index contributed by atoms with van der Waals surface area (Å²) in [6.07, 6.45) is 4.52. The van der Waals surface area contributed by atoms with Crippen LogP contribution in [0.25, 0.3) is 0 Å². The van der Waals surface area contributed by atoms with Crippen LogP contribution in [0.3, 0.4) is 0 Å². The fourth-order valence-electron chi connectivity index (χ4n) is 4.14. The number of amides is 2. The summed E-state index contributed by atoms with van der Waals surface area (Å²) in [7, 11) is 1.28. The summed E-state index contributed by atoms with van der Waals surface area (Å²) < 4.78 is 4.48. The summed E-state index contributed by atoms with van der Waals surface area (Å²) in [5.74, 6) is -0.217. The number of esters is 1. The number of carbonyl (C=O) groups excluding carboxylic acids is 3. The van der Waals surface area contributed by atoms with Gasteiger partial charge in [0, 0.05) is 12.2 Å². The first-order valence-corrected chi connectivity index (χ1v) is 9.48. The van der Waals surface area contributed by atoms with E-state index in [9.17, 15) is 14.4 Å². The van der Waals surface area contributed by atoms with Gasteiger partial charge in [0.05, 0.1) is 18.9 Å². The van der Waals surface area contributed by atoms with Crippen molar-refractivity contribution in [2.24, 2.45) is 11.3 Å². The molecule has 8 heteroatoms. The topological polar surface area (TPSA) is 96.5 Å². The fraction of sp³-hybridized carbons (Fsp3) is 0.550. The average molecular weight is 410 g/mol. The molecule has 0 radical (unpaired) electrons. The van der Waals surface area contributed by atoms with Crippen LogP contribution in [-0.4, -0.2) is 44.5 Å². The number of fused-ring (bicyclic) bond motifs is 1. The van der Waals surface area contributed by atoms with Crippen molar-refractivity contribution >= 4 is 35.9 Å². The van der Waals surface area contributed by atoms with Crippen molar-refractivity contribution in [3.05, 3.63) is 29.8 Å². The molecule has 1 heterocycles. The SMILES string of the molecule is COC(=O)CNC(=O)Cc1ccc(NC(=O)[C@@]23CCCC[C@H]2CNC3)cc1.Cl. The minimum absolute atomic E-state index is 0. The van der Waals surface area contributed by atoms with Crippen molar-refractivity contribution in [1.29, 1.82) is 0 Å². The Kier molecular flexibility index (Phi) is 7.83. The van der Waals surface area contributed by atoms with Gasteiger partial charge >= 0.3 is 5.97 Å². The zero-order chi connectivity index (χ0) is 19.3. The van der Waals surface area contributed by atoms with Crippen LogP contribution in [-0.2, 0) is 25.5 Å². The van der Waals surface area contributed by atoms with Crippen molar-refractivity contribution in [2.45, 2.75) is 32.1 Å².